The highest BCUT2D eigenvalue weighted by molar-refractivity contribution is 7.99. The SMILES string of the molecule is COC(=O)COc1ccc(OC)c(CC(=O)N[C@H](C(=O)N/C(=C/C(=O)O)C(=O)CSCc2ccccc2)C(C)C)c1. The first-order valence-electron chi connectivity index (χ1n) is 12.6. The van der Waals surface area contributed by atoms with Crippen LogP contribution in [0.3, 0.4) is 0 Å². The molecular formula is C29H34N2O9S. The van der Waals surface area contributed by atoms with Gasteiger partial charge in [-0.1, -0.05) is 44.2 Å². The molecule has 1 atom stereocenters. The molecule has 11 nitrogen and oxygen atoms in total. The van der Waals surface area contributed by atoms with Crippen LogP contribution in [0.25, 0.3) is 0 Å². The van der Waals surface area contributed by atoms with Gasteiger partial charge in [0.25, 0.3) is 0 Å². The molecule has 0 aromatic heterocycles. The van der Waals surface area contributed by atoms with Crippen LogP contribution in [-0.4, -0.2) is 67.3 Å². The van der Waals surface area contributed by atoms with Gasteiger partial charge in [-0.2, -0.15) is 0 Å². The number of benzene rings is 2. The summed E-state index contributed by atoms with van der Waals surface area (Å²) in [5.41, 5.74) is 1.06. The van der Waals surface area contributed by atoms with Gasteiger partial charge in [-0.05, 0) is 29.7 Å². The Hall–Kier alpha value is -4.32. The molecule has 12 heteroatoms. The lowest BCUT2D eigenvalue weighted by molar-refractivity contribution is -0.143. The summed E-state index contributed by atoms with van der Waals surface area (Å²) in [7, 11) is 2.67. The summed E-state index contributed by atoms with van der Waals surface area (Å²) in [5, 5.41) is 14.3. The van der Waals surface area contributed by atoms with Crippen LogP contribution in [0.4, 0.5) is 0 Å². The average Bonchev–Trinajstić information content (AvgIpc) is 2.94. The number of amides is 2. The molecular weight excluding hydrogens is 552 g/mol. The molecule has 2 aromatic carbocycles. The first-order chi connectivity index (χ1) is 19.5. The number of Topliss-reactive ketones (excluding diaryl/α,β-unsaturated/α-hetero) is 1. The van der Waals surface area contributed by atoms with Gasteiger partial charge in [0.1, 0.15) is 17.5 Å². The summed E-state index contributed by atoms with van der Waals surface area (Å²) < 4.78 is 15.2. The molecule has 0 fully saturated rings. The molecule has 2 rings (SSSR count). The maximum absolute atomic E-state index is 13.1. The molecule has 0 aliphatic rings. The van der Waals surface area contributed by atoms with Crippen molar-refractivity contribution >= 4 is 41.3 Å². The summed E-state index contributed by atoms with van der Waals surface area (Å²) in [5.74, 6) is -3.02. The zero-order chi connectivity index (χ0) is 30.4. The van der Waals surface area contributed by atoms with Gasteiger partial charge >= 0.3 is 11.9 Å². The fraction of sp³-hybridized carbons (Fsp3) is 0.345. The van der Waals surface area contributed by atoms with E-state index in [1.807, 2.05) is 30.3 Å². The van der Waals surface area contributed by atoms with Gasteiger partial charge in [0.2, 0.25) is 11.8 Å². The van der Waals surface area contributed by atoms with Crippen molar-refractivity contribution in [3.05, 3.63) is 71.4 Å². The number of carbonyl (C=O) groups excluding carboxylic acids is 4. The number of methoxy groups -OCH3 is 2. The van der Waals surface area contributed by atoms with E-state index in [1.165, 1.54) is 32.0 Å². The number of rotatable bonds is 16. The van der Waals surface area contributed by atoms with Crippen LogP contribution >= 0.6 is 11.8 Å². The number of nitrogens with one attached hydrogen (secondary N) is 2. The van der Waals surface area contributed by atoms with Gasteiger partial charge < -0.3 is 30.0 Å². The molecule has 0 aliphatic carbocycles. The van der Waals surface area contributed by atoms with Crippen molar-refractivity contribution in [3.8, 4) is 11.5 Å². The zero-order valence-corrected chi connectivity index (χ0v) is 24.1. The van der Waals surface area contributed by atoms with E-state index in [4.69, 9.17) is 9.47 Å². The molecule has 0 bridgehead atoms. The lowest BCUT2D eigenvalue weighted by atomic mass is 10.0. The molecule has 41 heavy (non-hydrogen) atoms. The number of carboxylic acid groups (broad SMARTS) is 1. The van der Waals surface area contributed by atoms with E-state index >= 15 is 0 Å². The van der Waals surface area contributed by atoms with Crippen LogP contribution in [-0.2, 0) is 40.9 Å². The maximum atomic E-state index is 13.1. The Kier molecular flexibility index (Phi) is 13.4. The third-order valence-electron chi connectivity index (χ3n) is 5.62. The summed E-state index contributed by atoms with van der Waals surface area (Å²) in [4.78, 5) is 61.6. The Morgan fingerprint density at radius 2 is 1.73 bits per heavy atom. The molecule has 220 valence electrons. The fourth-order valence-corrected chi connectivity index (χ4v) is 4.42. The van der Waals surface area contributed by atoms with Gasteiger partial charge in [0, 0.05) is 11.3 Å². The van der Waals surface area contributed by atoms with Gasteiger partial charge in [0.15, 0.2) is 12.4 Å². The minimum absolute atomic E-state index is 0.0544. The largest absolute Gasteiger partial charge is 0.496 e. The highest BCUT2D eigenvalue weighted by Crippen LogP contribution is 2.25. The Bertz CT molecular complexity index is 1260. The van der Waals surface area contributed by atoms with E-state index in [1.54, 1.807) is 26.0 Å². The van der Waals surface area contributed by atoms with Crippen molar-refractivity contribution in [1.29, 1.82) is 0 Å². The van der Waals surface area contributed by atoms with Crippen molar-refractivity contribution in [2.45, 2.75) is 32.1 Å². The number of esters is 1. The molecule has 2 aromatic rings. The molecule has 2 amide bonds. The van der Waals surface area contributed by atoms with Crippen molar-refractivity contribution in [2.75, 3.05) is 26.6 Å². The van der Waals surface area contributed by atoms with Gasteiger partial charge in [-0.15, -0.1) is 11.8 Å². The number of thioether (sulfide) groups is 1. The second kappa shape index (κ2) is 16.7. The number of ketones is 1. The second-order valence-corrected chi connectivity index (χ2v) is 10.1. The average molecular weight is 587 g/mol. The molecule has 0 saturated heterocycles. The monoisotopic (exact) mass is 586 g/mol. The van der Waals surface area contributed by atoms with Gasteiger partial charge in [-0.3, -0.25) is 14.4 Å². The lowest BCUT2D eigenvalue weighted by Gasteiger charge is -2.22. The molecule has 0 aliphatic heterocycles. The van der Waals surface area contributed by atoms with E-state index in [-0.39, 0.29) is 24.5 Å². The highest BCUT2D eigenvalue weighted by atomic mass is 32.2. The first-order valence-corrected chi connectivity index (χ1v) is 13.8. The number of aliphatic carboxylic acids is 1. The van der Waals surface area contributed by atoms with E-state index in [0.717, 1.165) is 5.56 Å². The van der Waals surface area contributed by atoms with Gasteiger partial charge in [0.05, 0.1) is 38.2 Å². The molecule has 0 unspecified atom stereocenters. The number of allylic oxidation sites excluding steroid dienone is 1. The molecule has 0 spiro atoms. The normalized spacial score (nSPS) is 11.8. The fourth-order valence-electron chi connectivity index (χ4n) is 3.55. The van der Waals surface area contributed by atoms with Crippen LogP contribution in [0, 0.1) is 5.92 Å². The van der Waals surface area contributed by atoms with Crippen LogP contribution < -0.4 is 20.1 Å². The van der Waals surface area contributed by atoms with E-state index < -0.39 is 41.5 Å². The smallest absolute Gasteiger partial charge is 0.343 e. The van der Waals surface area contributed by atoms with Crippen LogP contribution in [0.1, 0.15) is 25.0 Å². The number of ether oxygens (including phenoxy) is 3. The number of hydrogen-bond acceptors (Lipinski definition) is 9. The maximum Gasteiger partial charge on any atom is 0.343 e. The molecule has 0 heterocycles. The Balaban J connectivity index is 2.08. The van der Waals surface area contributed by atoms with Crippen molar-refractivity contribution in [3.63, 3.8) is 0 Å². The topological polar surface area (TPSA) is 157 Å². The summed E-state index contributed by atoms with van der Waals surface area (Å²) >= 11 is 1.28. The van der Waals surface area contributed by atoms with Crippen molar-refractivity contribution < 1.29 is 43.3 Å². The third-order valence-corrected chi connectivity index (χ3v) is 6.63. The minimum atomic E-state index is -1.40. The molecule has 3 N–H and O–H groups in total. The third kappa shape index (κ3) is 11.4. The van der Waals surface area contributed by atoms with Crippen LogP contribution in [0.2, 0.25) is 0 Å². The van der Waals surface area contributed by atoms with Crippen LogP contribution in [0.5, 0.6) is 11.5 Å². The van der Waals surface area contributed by atoms with E-state index in [9.17, 15) is 29.1 Å². The number of carboxylic acids is 1. The Morgan fingerprint density at radius 1 is 1.02 bits per heavy atom. The summed E-state index contributed by atoms with van der Waals surface area (Å²) in [6, 6.07) is 13.0. The Labute approximate surface area is 242 Å². The van der Waals surface area contributed by atoms with Crippen molar-refractivity contribution in [1.82, 2.24) is 10.6 Å². The predicted molar refractivity (Wildman–Crippen MR) is 152 cm³/mol. The minimum Gasteiger partial charge on any atom is -0.496 e. The second-order valence-electron chi connectivity index (χ2n) is 9.09. The quantitative estimate of drug-likeness (QED) is 0.197. The summed E-state index contributed by atoms with van der Waals surface area (Å²) in [6.45, 7) is 3.08. The van der Waals surface area contributed by atoms with Crippen molar-refractivity contribution in [2.24, 2.45) is 5.92 Å². The Morgan fingerprint density at radius 3 is 2.34 bits per heavy atom. The molecule has 0 saturated carbocycles. The standard InChI is InChI=1S/C29H34N2O9S/c1-18(2)28(31-25(33)13-20-12-21(10-11-24(20)38-3)40-15-27(36)39-4)29(37)30-22(14-26(34)35)23(32)17-41-16-19-8-6-5-7-9-19/h5-12,14,18,28H,13,15-17H2,1-4H3,(H,30,37)(H,31,33)(H,34,35)/b22-14+/t28-/m0/s1. The number of hydrogen-bond donors (Lipinski definition) is 3. The number of carbonyl (C=O) groups is 5. The van der Waals surface area contributed by atoms with Crippen LogP contribution in [0.15, 0.2) is 60.3 Å². The highest BCUT2D eigenvalue weighted by Gasteiger charge is 2.27. The van der Waals surface area contributed by atoms with Gasteiger partial charge in [-0.25, -0.2) is 9.59 Å². The first kappa shape index (κ1) is 32.9. The zero-order valence-electron chi connectivity index (χ0n) is 23.3. The lowest BCUT2D eigenvalue weighted by Crippen LogP contribution is -2.50. The predicted octanol–water partition coefficient (Wildman–Crippen LogP) is 2.52. The van der Waals surface area contributed by atoms with E-state index in [0.29, 0.717) is 28.9 Å². The molecule has 0 radical (unpaired) electrons. The van der Waals surface area contributed by atoms with E-state index in [2.05, 4.69) is 15.4 Å². The summed E-state index contributed by atoms with van der Waals surface area (Å²) in [6.07, 6.45) is 0.454.